The average Bonchev–Trinajstić information content (AvgIpc) is 3.29. The number of ether oxygens (including phenoxy) is 2. The Morgan fingerprint density at radius 3 is 2.71 bits per heavy atom. The minimum atomic E-state index is -1.42. The number of nitrogens with two attached hydrogens (primary N) is 1. The van der Waals surface area contributed by atoms with Crippen molar-refractivity contribution in [3.8, 4) is 0 Å². The lowest BCUT2D eigenvalue weighted by Gasteiger charge is -2.22. The number of halogens is 1. The summed E-state index contributed by atoms with van der Waals surface area (Å²) in [6.45, 7) is 0.744. The SMILES string of the molecule is CN=C/C(=C\N)c1ccc(CN2C(=O)C3(OCCO3)c3ccccc32)c(F)c1. The van der Waals surface area contributed by atoms with Crippen molar-refractivity contribution in [2.24, 2.45) is 10.7 Å². The Labute approximate surface area is 162 Å². The Hall–Kier alpha value is -3.03. The molecule has 1 spiro atoms. The number of nitrogens with zero attached hydrogens (tertiary/aromatic N) is 2. The third kappa shape index (κ3) is 2.80. The maximum Gasteiger partial charge on any atom is 0.292 e. The van der Waals surface area contributed by atoms with Gasteiger partial charge in [0.15, 0.2) is 0 Å². The van der Waals surface area contributed by atoms with Gasteiger partial charge in [-0.1, -0.05) is 30.3 Å². The Kier molecular flexibility index (Phi) is 4.70. The van der Waals surface area contributed by atoms with E-state index in [1.165, 1.54) is 17.2 Å². The molecule has 0 atom stereocenters. The zero-order valence-electron chi connectivity index (χ0n) is 15.4. The smallest absolute Gasteiger partial charge is 0.292 e. The molecule has 2 aliphatic rings. The summed E-state index contributed by atoms with van der Waals surface area (Å²) in [5.74, 6) is -2.18. The van der Waals surface area contributed by atoms with Crippen molar-refractivity contribution >= 4 is 23.4 Å². The van der Waals surface area contributed by atoms with Gasteiger partial charge in [-0.25, -0.2) is 4.39 Å². The molecule has 0 unspecified atom stereocenters. The van der Waals surface area contributed by atoms with Crippen molar-refractivity contribution in [3.63, 3.8) is 0 Å². The molecular formula is C21H20FN3O3. The summed E-state index contributed by atoms with van der Waals surface area (Å²) in [6.07, 6.45) is 2.94. The van der Waals surface area contributed by atoms with Crippen LogP contribution in [0.5, 0.6) is 0 Å². The third-order valence-corrected chi connectivity index (χ3v) is 4.93. The molecule has 0 radical (unpaired) electrons. The molecule has 2 heterocycles. The van der Waals surface area contributed by atoms with Crippen molar-refractivity contribution in [1.82, 2.24) is 0 Å². The summed E-state index contributed by atoms with van der Waals surface area (Å²) in [5, 5.41) is 0. The van der Waals surface area contributed by atoms with Crippen LogP contribution in [0.3, 0.4) is 0 Å². The molecule has 28 heavy (non-hydrogen) atoms. The average molecular weight is 381 g/mol. The van der Waals surface area contributed by atoms with E-state index in [0.29, 0.717) is 41.2 Å². The molecule has 0 bridgehead atoms. The maximum absolute atomic E-state index is 14.8. The molecule has 0 aliphatic carbocycles. The second kappa shape index (κ2) is 7.18. The standard InChI is InChI=1S/C21H20FN3O3/c1-24-12-16(11-23)14-6-7-15(18(22)10-14)13-25-19-5-3-2-4-17(19)21(20(25)26)27-8-9-28-21/h2-7,10-12H,8-9,13,23H2,1H3/b16-11+,24-12?. The first kappa shape index (κ1) is 18.3. The summed E-state index contributed by atoms with van der Waals surface area (Å²) in [5.41, 5.74) is 8.52. The van der Waals surface area contributed by atoms with Crippen molar-refractivity contribution in [2.75, 3.05) is 25.2 Å². The largest absolute Gasteiger partial charge is 0.404 e. The van der Waals surface area contributed by atoms with Crippen LogP contribution < -0.4 is 10.6 Å². The normalized spacial score (nSPS) is 18.4. The number of hydrogen-bond acceptors (Lipinski definition) is 5. The first-order valence-electron chi connectivity index (χ1n) is 8.93. The third-order valence-electron chi connectivity index (χ3n) is 4.93. The number of allylic oxidation sites excluding steroid dienone is 1. The summed E-state index contributed by atoms with van der Waals surface area (Å²) in [6, 6.07) is 12.1. The second-order valence-electron chi connectivity index (χ2n) is 6.54. The Morgan fingerprint density at radius 1 is 1.29 bits per heavy atom. The van der Waals surface area contributed by atoms with Crippen LogP contribution in [0, 0.1) is 5.82 Å². The van der Waals surface area contributed by atoms with Crippen LogP contribution in [0.15, 0.2) is 53.7 Å². The van der Waals surface area contributed by atoms with Crippen LogP contribution in [0.25, 0.3) is 5.57 Å². The molecule has 2 N–H and O–H groups in total. The zero-order chi connectivity index (χ0) is 19.7. The van der Waals surface area contributed by atoms with Gasteiger partial charge in [0.05, 0.1) is 25.4 Å². The highest BCUT2D eigenvalue weighted by atomic mass is 19.1. The minimum Gasteiger partial charge on any atom is -0.404 e. The van der Waals surface area contributed by atoms with E-state index in [0.717, 1.165) is 0 Å². The molecule has 0 aromatic heterocycles. The molecule has 6 nitrogen and oxygen atoms in total. The molecule has 1 saturated heterocycles. The highest BCUT2D eigenvalue weighted by molar-refractivity contribution is 6.09. The highest BCUT2D eigenvalue weighted by Gasteiger charge is 2.55. The van der Waals surface area contributed by atoms with Gasteiger partial charge in [-0.3, -0.25) is 9.79 Å². The lowest BCUT2D eigenvalue weighted by Crippen LogP contribution is -2.41. The number of carbonyl (C=O) groups excluding carboxylic acids is 1. The van der Waals surface area contributed by atoms with Gasteiger partial charge in [-0.15, -0.1) is 0 Å². The summed E-state index contributed by atoms with van der Waals surface area (Å²) in [4.78, 5) is 18.5. The number of benzene rings is 2. The van der Waals surface area contributed by atoms with Gasteiger partial charge in [0.1, 0.15) is 5.82 Å². The quantitative estimate of drug-likeness (QED) is 0.826. The topological polar surface area (TPSA) is 77.2 Å². The summed E-state index contributed by atoms with van der Waals surface area (Å²) < 4.78 is 26.2. The molecule has 2 aliphatic heterocycles. The van der Waals surface area contributed by atoms with E-state index in [-0.39, 0.29) is 12.5 Å². The molecule has 0 saturated carbocycles. The van der Waals surface area contributed by atoms with Crippen LogP contribution in [-0.2, 0) is 26.6 Å². The van der Waals surface area contributed by atoms with E-state index in [9.17, 15) is 9.18 Å². The number of rotatable bonds is 4. The van der Waals surface area contributed by atoms with Crippen LogP contribution in [0.4, 0.5) is 10.1 Å². The number of hydrogen-bond donors (Lipinski definition) is 1. The van der Waals surface area contributed by atoms with Gasteiger partial charge in [-0.05, 0) is 17.7 Å². The zero-order valence-corrected chi connectivity index (χ0v) is 15.4. The lowest BCUT2D eigenvalue weighted by molar-refractivity contribution is -0.180. The predicted octanol–water partition coefficient (Wildman–Crippen LogP) is 2.57. The fourth-order valence-electron chi connectivity index (χ4n) is 3.62. The van der Waals surface area contributed by atoms with Gasteiger partial charge in [-0.2, -0.15) is 0 Å². The fraction of sp³-hybridized carbons (Fsp3) is 0.238. The van der Waals surface area contributed by atoms with Crippen molar-refractivity contribution < 1.29 is 18.7 Å². The van der Waals surface area contributed by atoms with Crippen molar-refractivity contribution in [3.05, 3.63) is 71.2 Å². The van der Waals surface area contributed by atoms with Gasteiger partial charge < -0.3 is 20.1 Å². The molecule has 144 valence electrons. The van der Waals surface area contributed by atoms with Crippen molar-refractivity contribution in [1.29, 1.82) is 0 Å². The molecule has 2 aromatic carbocycles. The maximum atomic E-state index is 14.8. The second-order valence-corrected chi connectivity index (χ2v) is 6.54. The van der Waals surface area contributed by atoms with E-state index in [4.69, 9.17) is 15.2 Å². The summed E-state index contributed by atoms with van der Waals surface area (Å²) >= 11 is 0. The highest BCUT2D eigenvalue weighted by Crippen LogP contribution is 2.46. The number of anilines is 1. The van der Waals surface area contributed by atoms with Gasteiger partial charge in [0.2, 0.25) is 0 Å². The molecule has 7 heteroatoms. The first-order chi connectivity index (χ1) is 13.6. The first-order valence-corrected chi connectivity index (χ1v) is 8.93. The van der Waals surface area contributed by atoms with Crippen molar-refractivity contribution in [2.45, 2.75) is 12.3 Å². The molecule has 1 fully saturated rings. The van der Waals surface area contributed by atoms with Crippen LogP contribution in [0.1, 0.15) is 16.7 Å². The van der Waals surface area contributed by atoms with E-state index < -0.39 is 11.6 Å². The molecule has 2 aromatic rings. The van der Waals surface area contributed by atoms with Gasteiger partial charge in [0.25, 0.3) is 11.7 Å². The number of amides is 1. The number of fused-ring (bicyclic) bond motifs is 2. The number of aliphatic imine (C=N–C) groups is 1. The molecule has 4 rings (SSSR count). The monoisotopic (exact) mass is 381 g/mol. The molecule has 1 amide bonds. The van der Waals surface area contributed by atoms with Gasteiger partial charge >= 0.3 is 0 Å². The van der Waals surface area contributed by atoms with E-state index in [1.807, 2.05) is 18.2 Å². The lowest BCUT2D eigenvalue weighted by atomic mass is 10.0. The summed E-state index contributed by atoms with van der Waals surface area (Å²) in [7, 11) is 1.62. The minimum absolute atomic E-state index is 0.0694. The van der Waals surface area contributed by atoms with Crippen LogP contribution >= 0.6 is 0 Å². The van der Waals surface area contributed by atoms with Crippen LogP contribution in [0.2, 0.25) is 0 Å². The predicted molar refractivity (Wildman–Crippen MR) is 104 cm³/mol. The van der Waals surface area contributed by atoms with E-state index in [2.05, 4.69) is 4.99 Å². The van der Waals surface area contributed by atoms with E-state index in [1.54, 1.807) is 31.5 Å². The van der Waals surface area contributed by atoms with Gasteiger partial charge in [0, 0.05) is 36.2 Å². The number of carbonyl (C=O) groups is 1. The fourth-order valence-corrected chi connectivity index (χ4v) is 3.62. The molecular weight excluding hydrogens is 361 g/mol. The van der Waals surface area contributed by atoms with E-state index >= 15 is 0 Å². The Balaban J connectivity index is 1.67. The van der Waals surface area contributed by atoms with Crippen LogP contribution in [-0.4, -0.2) is 32.4 Å². The Morgan fingerprint density at radius 2 is 2.04 bits per heavy atom. The Bertz CT molecular complexity index is 981. The number of para-hydroxylation sites is 1.